The molecule has 134 valence electrons. The van der Waals surface area contributed by atoms with E-state index in [1.807, 2.05) is 42.6 Å². The molecule has 26 heavy (non-hydrogen) atoms. The first-order valence-corrected chi connectivity index (χ1v) is 9.05. The van der Waals surface area contributed by atoms with Gasteiger partial charge in [0, 0.05) is 18.0 Å². The average molecular weight is 369 g/mol. The van der Waals surface area contributed by atoms with E-state index in [9.17, 15) is 9.59 Å². The standard InChI is InChI=1S/C19H19N3O3S/c1-4-25-19(24)16-14(13-8-6-5-7-9-13)11-26-18(16)20-17(23)15-10-12(2)21-22(15)3/h5-11H,4H2,1-3H3,(H,20,23). The number of carbonyl (C=O) groups excluding carboxylic acids is 2. The Morgan fingerprint density at radius 2 is 2.00 bits per heavy atom. The highest BCUT2D eigenvalue weighted by molar-refractivity contribution is 7.15. The minimum Gasteiger partial charge on any atom is -0.462 e. The van der Waals surface area contributed by atoms with Crippen LogP contribution in [0, 0.1) is 6.92 Å². The first-order chi connectivity index (χ1) is 12.5. The monoisotopic (exact) mass is 369 g/mol. The van der Waals surface area contributed by atoms with Crippen LogP contribution in [0.15, 0.2) is 41.8 Å². The van der Waals surface area contributed by atoms with Crippen molar-refractivity contribution in [3.8, 4) is 11.1 Å². The van der Waals surface area contributed by atoms with E-state index in [2.05, 4.69) is 10.4 Å². The molecule has 1 amide bonds. The highest BCUT2D eigenvalue weighted by Crippen LogP contribution is 2.36. The van der Waals surface area contributed by atoms with Gasteiger partial charge >= 0.3 is 5.97 Å². The van der Waals surface area contributed by atoms with Crippen molar-refractivity contribution in [3.05, 3.63) is 58.7 Å². The van der Waals surface area contributed by atoms with E-state index in [-0.39, 0.29) is 12.5 Å². The van der Waals surface area contributed by atoms with Crippen molar-refractivity contribution < 1.29 is 14.3 Å². The SMILES string of the molecule is CCOC(=O)c1c(-c2ccccc2)csc1NC(=O)c1cc(C)nn1C. The van der Waals surface area contributed by atoms with E-state index in [0.717, 1.165) is 16.8 Å². The van der Waals surface area contributed by atoms with Gasteiger partial charge in [-0.1, -0.05) is 30.3 Å². The molecule has 3 aromatic rings. The van der Waals surface area contributed by atoms with Gasteiger partial charge < -0.3 is 10.1 Å². The maximum Gasteiger partial charge on any atom is 0.341 e. The Bertz CT molecular complexity index is 944. The van der Waals surface area contributed by atoms with Gasteiger partial charge in [-0.05, 0) is 25.5 Å². The Morgan fingerprint density at radius 1 is 1.27 bits per heavy atom. The summed E-state index contributed by atoms with van der Waals surface area (Å²) in [7, 11) is 1.71. The first-order valence-electron chi connectivity index (χ1n) is 8.17. The van der Waals surface area contributed by atoms with Crippen molar-refractivity contribution in [3.63, 3.8) is 0 Å². The lowest BCUT2D eigenvalue weighted by Crippen LogP contribution is -2.17. The molecule has 6 nitrogen and oxygen atoms in total. The molecule has 0 aliphatic heterocycles. The summed E-state index contributed by atoms with van der Waals surface area (Å²) in [5.41, 5.74) is 3.18. The van der Waals surface area contributed by atoms with Crippen LogP contribution < -0.4 is 5.32 Å². The summed E-state index contributed by atoms with van der Waals surface area (Å²) in [6.45, 7) is 3.83. The van der Waals surface area contributed by atoms with Gasteiger partial charge in [-0.15, -0.1) is 11.3 Å². The molecule has 0 radical (unpaired) electrons. The Morgan fingerprint density at radius 3 is 2.62 bits per heavy atom. The number of aromatic nitrogens is 2. The molecule has 0 fully saturated rings. The molecule has 0 saturated carbocycles. The number of amides is 1. The van der Waals surface area contributed by atoms with E-state index >= 15 is 0 Å². The van der Waals surface area contributed by atoms with Crippen molar-refractivity contribution in [1.29, 1.82) is 0 Å². The van der Waals surface area contributed by atoms with E-state index in [1.54, 1.807) is 20.0 Å². The fraction of sp³-hybridized carbons (Fsp3) is 0.211. The van der Waals surface area contributed by atoms with Crippen LogP contribution in [0.25, 0.3) is 11.1 Å². The van der Waals surface area contributed by atoms with Crippen LogP contribution in [-0.2, 0) is 11.8 Å². The number of nitrogens with one attached hydrogen (secondary N) is 1. The fourth-order valence-electron chi connectivity index (χ4n) is 2.68. The number of benzene rings is 1. The van der Waals surface area contributed by atoms with Gasteiger partial charge in [-0.25, -0.2) is 4.79 Å². The van der Waals surface area contributed by atoms with Gasteiger partial charge in [0.15, 0.2) is 0 Å². The van der Waals surface area contributed by atoms with E-state index in [4.69, 9.17) is 4.74 Å². The second kappa shape index (κ2) is 7.53. The Balaban J connectivity index is 1.99. The highest BCUT2D eigenvalue weighted by atomic mass is 32.1. The summed E-state index contributed by atoms with van der Waals surface area (Å²) >= 11 is 1.30. The third-order valence-electron chi connectivity index (χ3n) is 3.82. The molecule has 0 saturated heterocycles. The van der Waals surface area contributed by atoms with Crippen LogP contribution in [0.5, 0.6) is 0 Å². The van der Waals surface area contributed by atoms with Crippen LogP contribution in [0.2, 0.25) is 0 Å². The average Bonchev–Trinajstić information content (AvgIpc) is 3.18. The molecule has 0 unspecified atom stereocenters. The molecular weight excluding hydrogens is 350 g/mol. The van der Waals surface area contributed by atoms with Crippen LogP contribution in [-0.4, -0.2) is 28.3 Å². The second-order valence-corrected chi connectivity index (χ2v) is 6.57. The molecule has 0 aliphatic carbocycles. The van der Waals surface area contributed by atoms with Crippen LogP contribution in [0.1, 0.15) is 33.5 Å². The van der Waals surface area contributed by atoms with Gasteiger partial charge in [-0.3, -0.25) is 9.48 Å². The fourth-order valence-corrected chi connectivity index (χ4v) is 3.63. The zero-order valence-electron chi connectivity index (χ0n) is 14.8. The summed E-state index contributed by atoms with van der Waals surface area (Å²) in [6.07, 6.45) is 0. The van der Waals surface area contributed by atoms with Gasteiger partial charge in [0.2, 0.25) is 0 Å². The van der Waals surface area contributed by atoms with Crippen LogP contribution in [0.3, 0.4) is 0 Å². The second-order valence-electron chi connectivity index (χ2n) is 5.69. The number of esters is 1. The molecule has 0 bridgehead atoms. The van der Waals surface area contributed by atoms with E-state index in [1.165, 1.54) is 16.0 Å². The van der Waals surface area contributed by atoms with Gasteiger partial charge in [0.25, 0.3) is 5.91 Å². The van der Waals surface area contributed by atoms with Crippen molar-refractivity contribution in [2.75, 3.05) is 11.9 Å². The lowest BCUT2D eigenvalue weighted by Gasteiger charge is -2.09. The van der Waals surface area contributed by atoms with Crippen molar-refractivity contribution in [2.24, 2.45) is 7.05 Å². The zero-order valence-corrected chi connectivity index (χ0v) is 15.6. The molecular formula is C19H19N3O3S. The maximum atomic E-state index is 12.6. The summed E-state index contributed by atoms with van der Waals surface area (Å²) in [6, 6.07) is 11.2. The van der Waals surface area contributed by atoms with Gasteiger partial charge in [0.1, 0.15) is 16.3 Å². The molecule has 3 rings (SSSR count). The Kier molecular flexibility index (Phi) is 5.18. The highest BCUT2D eigenvalue weighted by Gasteiger charge is 2.23. The first kappa shape index (κ1) is 17.9. The smallest absolute Gasteiger partial charge is 0.341 e. The molecule has 2 aromatic heterocycles. The number of thiophene rings is 1. The number of rotatable bonds is 5. The lowest BCUT2D eigenvalue weighted by molar-refractivity contribution is 0.0529. The number of aryl methyl sites for hydroxylation is 2. The van der Waals surface area contributed by atoms with E-state index < -0.39 is 5.97 Å². The summed E-state index contributed by atoms with van der Waals surface area (Å²) < 4.78 is 6.72. The quantitative estimate of drug-likeness (QED) is 0.693. The Hall–Kier alpha value is -2.93. The zero-order chi connectivity index (χ0) is 18.7. The number of hydrogen-bond donors (Lipinski definition) is 1. The molecule has 0 aliphatic rings. The lowest BCUT2D eigenvalue weighted by atomic mass is 10.0. The Labute approximate surface area is 155 Å². The molecule has 0 atom stereocenters. The maximum absolute atomic E-state index is 12.6. The molecule has 0 spiro atoms. The van der Waals surface area contributed by atoms with Crippen molar-refractivity contribution in [1.82, 2.24) is 9.78 Å². The molecule has 1 aromatic carbocycles. The predicted molar refractivity (Wildman–Crippen MR) is 102 cm³/mol. The van der Waals surface area contributed by atoms with Gasteiger partial charge in [-0.2, -0.15) is 5.10 Å². The third-order valence-corrected chi connectivity index (χ3v) is 4.71. The number of ether oxygens (including phenoxy) is 1. The van der Waals surface area contributed by atoms with Gasteiger partial charge in [0.05, 0.1) is 12.3 Å². The molecule has 1 N–H and O–H groups in total. The third kappa shape index (κ3) is 3.52. The molecule has 2 heterocycles. The predicted octanol–water partition coefficient (Wildman–Crippen LogP) is 3.89. The number of carbonyl (C=O) groups is 2. The van der Waals surface area contributed by atoms with E-state index in [0.29, 0.717) is 16.3 Å². The largest absolute Gasteiger partial charge is 0.462 e. The van der Waals surface area contributed by atoms with Crippen LogP contribution in [0.4, 0.5) is 5.00 Å². The van der Waals surface area contributed by atoms with Crippen molar-refractivity contribution in [2.45, 2.75) is 13.8 Å². The topological polar surface area (TPSA) is 73.2 Å². The summed E-state index contributed by atoms with van der Waals surface area (Å²) in [5.74, 6) is -0.774. The normalized spacial score (nSPS) is 10.6. The minimum absolute atomic E-state index is 0.261. The number of hydrogen-bond acceptors (Lipinski definition) is 5. The van der Waals surface area contributed by atoms with Crippen LogP contribution >= 0.6 is 11.3 Å². The number of anilines is 1. The molecule has 7 heteroatoms. The minimum atomic E-state index is -0.455. The summed E-state index contributed by atoms with van der Waals surface area (Å²) in [5, 5.41) is 9.33. The van der Waals surface area contributed by atoms with Crippen molar-refractivity contribution >= 4 is 28.2 Å². The summed E-state index contributed by atoms with van der Waals surface area (Å²) in [4.78, 5) is 25.1. The number of nitrogens with zero attached hydrogens (tertiary/aromatic N) is 2.